The molecule has 0 saturated carbocycles. The molecule has 1 aromatic carbocycles. The maximum absolute atomic E-state index is 5.10. The van der Waals surface area contributed by atoms with Gasteiger partial charge in [-0.3, -0.25) is 4.90 Å². The molecule has 0 heterocycles. The van der Waals surface area contributed by atoms with E-state index in [4.69, 9.17) is 4.74 Å². The Kier molecular flexibility index (Phi) is 6.64. The van der Waals surface area contributed by atoms with Crippen molar-refractivity contribution < 1.29 is 4.74 Å². The number of methoxy groups -OCH3 is 1. The summed E-state index contributed by atoms with van der Waals surface area (Å²) in [5, 5.41) is 1.00. The third-order valence-corrected chi connectivity index (χ3v) is 2.62. The van der Waals surface area contributed by atoms with Crippen LogP contribution in [0.1, 0.15) is 5.56 Å². The monoisotopic (exact) mass is 271 g/mol. The lowest BCUT2D eigenvalue weighted by Crippen LogP contribution is -2.28. The van der Waals surface area contributed by atoms with Crippen LogP contribution in [0.2, 0.25) is 0 Å². The van der Waals surface area contributed by atoms with Gasteiger partial charge in [-0.05, 0) is 5.56 Å². The molecule has 0 aliphatic heterocycles. The molecule has 0 aliphatic carbocycles. The molecule has 0 N–H and O–H groups in total. The van der Waals surface area contributed by atoms with Crippen molar-refractivity contribution in [3.8, 4) is 0 Å². The molecule has 0 fully saturated rings. The van der Waals surface area contributed by atoms with Crippen LogP contribution in [0.15, 0.2) is 30.3 Å². The van der Waals surface area contributed by atoms with Gasteiger partial charge in [0.25, 0.3) is 0 Å². The minimum atomic E-state index is 0.792. The van der Waals surface area contributed by atoms with Gasteiger partial charge in [0.15, 0.2) is 0 Å². The van der Waals surface area contributed by atoms with E-state index in [2.05, 4.69) is 45.1 Å². The summed E-state index contributed by atoms with van der Waals surface area (Å²) < 4.78 is 5.10. The SMILES string of the molecule is COCCN(CCBr)Cc1ccccc1. The Morgan fingerprint density at radius 2 is 1.93 bits per heavy atom. The van der Waals surface area contributed by atoms with Crippen LogP contribution in [-0.2, 0) is 11.3 Å². The second-order valence-electron chi connectivity index (χ2n) is 3.44. The summed E-state index contributed by atoms with van der Waals surface area (Å²) in [5.74, 6) is 0. The quantitative estimate of drug-likeness (QED) is 0.707. The van der Waals surface area contributed by atoms with Crippen LogP contribution in [0.4, 0.5) is 0 Å². The highest BCUT2D eigenvalue weighted by Gasteiger charge is 2.04. The fourth-order valence-electron chi connectivity index (χ4n) is 1.45. The number of rotatable bonds is 7. The third kappa shape index (κ3) is 5.30. The first-order chi connectivity index (χ1) is 7.36. The highest BCUT2D eigenvalue weighted by molar-refractivity contribution is 9.09. The molecule has 15 heavy (non-hydrogen) atoms. The zero-order valence-electron chi connectivity index (χ0n) is 9.16. The van der Waals surface area contributed by atoms with Gasteiger partial charge in [0.05, 0.1) is 6.61 Å². The van der Waals surface area contributed by atoms with Crippen molar-refractivity contribution in [3.05, 3.63) is 35.9 Å². The van der Waals surface area contributed by atoms with Gasteiger partial charge in [-0.2, -0.15) is 0 Å². The summed E-state index contributed by atoms with van der Waals surface area (Å²) in [6, 6.07) is 10.5. The van der Waals surface area contributed by atoms with E-state index in [0.717, 1.165) is 31.6 Å². The lowest BCUT2D eigenvalue weighted by Gasteiger charge is -2.20. The van der Waals surface area contributed by atoms with Crippen molar-refractivity contribution in [2.75, 3.05) is 32.1 Å². The van der Waals surface area contributed by atoms with Gasteiger partial charge in [-0.15, -0.1) is 0 Å². The second-order valence-corrected chi connectivity index (χ2v) is 4.24. The van der Waals surface area contributed by atoms with Gasteiger partial charge in [0, 0.05) is 32.1 Å². The van der Waals surface area contributed by atoms with Crippen molar-refractivity contribution in [1.29, 1.82) is 0 Å². The predicted molar refractivity (Wildman–Crippen MR) is 67.4 cm³/mol. The van der Waals surface area contributed by atoms with Gasteiger partial charge in [0.2, 0.25) is 0 Å². The fraction of sp³-hybridized carbons (Fsp3) is 0.500. The molecule has 0 spiro atoms. The van der Waals surface area contributed by atoms with E-state index in [-0.39, 0.29) is 0 Å². The largest absolute Gasteiger partial charge is 0.383 e. The van der Waals surface area contributed by atoms with E-state index < -0.39 is 0 Å². The fourth-order valence-corrected chi connectivity index (χ4v) is 1.95. The second kappa shape index (κ2) is 7.85. The van der Waals surface area contributed by atoms with E-state index in [1.54, 1.807) is 7.11 Å². The number of ether oxygens (including phenoxy) is 1. The maximum Gasteiger partial charge on any atom is 0.0589 e. The molecule has 0 amide bonds. The van der Waals surface area contributed by atoms with E-state index >= 15 is 0 Å². The van der Waals surface area contributed by atoms with Crippen LogP contribution in [0, 0.1) is 0 Å². The molecule has 2 nitrogen and oxygen atoms in total. The summed E-state index contributed by atoms with van der Waals surface area (Å²) in [6.07, 6.45) is 0. The normalized spacial score (nSPS) is 10.9. The number of nitrogens with zero attached hydrogens (tertiary/aromatic N) is 1. The van der Waals surface area contributed by atoms with Crippen LogP contribution in [0.5, 0.6) is 0 Å². The highest BCUT2D eigenvalue weighted by atomic mass is 79.9. The molecule has 84 valence electrons. The van der Waals surface area contributed by atoms with E-state index in [1.807, 2.05) is 6.07 Å². The third-order valence-electron chi connectivity index (χ3n) is 2.26. The standard InChI is InChI=1S/C12H18BrNO/c1-15-10-9-14(8-7-13)11-12-5-3-2-4-6-12/h2-6H,7-11H2,1H3. The average Bonchev–Trinajstić information content (AvgIpc) is 2.28. The Morgan fingerprint density at radius 1 is 1.20 bits per heavy atom. The minimum absolute atomic E-state index is 0.792. The Bertz CT molecular complexity index is 253. The topological polar surface area (TPSA) is 12.5 Å². The summed E-state index contributed by atoms with van der Waals surface area (Å²) in [5.41, 5.74) is 1.36. The maximum atomic E-state index is 5.10. The molecule has 1 rings (SSSR count). The van der Waals surface area contributed by atoms with Gasteiger partial charge >= 0.3 is 0 Å². The Labute approximate surface area is 100 Å². The molecule has 0 aromatic heterocycles. The summed E-state index contributed by atoms with van der Waals surface area (Å²) in [6.45, 7) is 3.82. The van der Waals surface area contributed by atoms with Gasteiger partial charge < -0.3 is 4.74 Å². The number of benzene rings is 1. The Hall–Kier alpha value is -0.380. The average molecular weight is 272 g/mol. The first-order valence-corrected chi connectivity index (χ1v) is 6.30. The van der Waals surface area contributed by atoms with Crippen molar-refractivity contribution >= 4 is 15.9 Å². The molecule has 3 heteroatoms. The van der Waals surface area contributed by atoms with Crippen molar-refractivity contribution in [2.24, 2.45) is 0 Å². The van der Waals surface area contributed by atoms with Crippen LogP contribution in [0.25, 0.3) is 0 Å². The van der Waals surface area contributed by atoms with Crippen LogP contribution >= 0.6 is 15.9 Å². The molecule has 0 bridgehead atoms. The van der Waals surface area contributed by atoms with Crippen LogP contribution < -0.4 is 0 Å². The lowest BCUT2D eigenvalue weighted by molar-refractivity contribution is 0.148. The highest BCUT2D eigenvalue weighted by Crippen LogP contribution is 2.04. The molecule has 0 unspecified atom stereocenters. The van der Waals surface area contributed by atoms with Crippen molar-refractivity contribution in [2.45, 2.75) is 6.54 Å². The molecule has 0 saturated heterocycles. The molecular weight excluding hydrogens is 254 g/mol. The Balaban J connectivity index is 2.43. The van der Waals surface area contributed by atoms with Gasteiger partial charge in [-0.25, -0.2) is 0 Å². The zero-order valence-corrected chi connectivity index (χ0v) is 10.7. The van der Waals surface area contributed by atoms with E-state index in [9.17, 15) is 0 Å². The van der Waals surface area contributed by atoms with E-state index in [1.165, 1.54) is 5.56 Å². The Morgan fingerprint density at radius 3 is 2.53 bits per heavy atom. The van der Waals surface area contributed by atoms with Crippen molar-refractivity contribution in [1.82, 2.24) is 4.90 Å². The molecule has 0 atom stereocenters. The number of hydrogen-bond donors (Lipinski definition) is 0. The number of alkyl halides is 1. The summed E-state index contributed by atoms with van der Waals surface area (Å²) in [4.78, 5) is 2.38. The van der Waals surface area contributed by atoms with Crippen molar-refractivity contribution in [3.63, 3.8) is 0 Å². The number of hydrogen-bond acceptors (Lipinski definition) is 2. The van der Waals surface area contributed by atoms with E-state index in [0.29, 0.717) is 0 Å². The summed E-state index contributed by atoms with van der Waals surface area (Å²) in [7, 11) is 1.74. The van der Waals surface area contributed by atoms with Crippen LogP contribution in [-0.4, -0.2) is 37.0 Å². The van der Waals surface area contributed by atoms with Gasteiger partial charge in [0.1, 0.15) is 0 Å². The summed E-state index contributed by atoms with van der Waals surface area (Å²) >= 11 is 3.47. The molecule has 0 aliphatic rings. The van der Waals surface area contributed by atoms with Gasteiger partial charge in [-0.1, -0.05) is 46.3 Å². The zero-order chi connectivity index (χ0) is 10.9. The first-order valence-electron chi connectivity index (χ1n) is 5.18. The number of halogens is 1. The molecule has 1 aromatic rings. The van der Waals surface area contributed by atoms with Crippen LogP contribution in [0.3, 0.4) is 0 Å². The molecule has 0 radical (unpaired) electrons. The molecular formula is C12H18BrNO. The smallest absolute Gasteiger partial charge is 0.0589 e. The predicted octanol–water partition coefficient (Wildman–Crippen LogP) is 2.53. The lowest BCUT2D eigenvalue weighted by atomic mass is 10.2. The minimum Gasteiger partial charge on any atom is -0.383 e. The first kappa shape index (κ1) is 12.7.